The van der Waals surface area contributed by atoms with Gasteiger partial charge in [0.05, 0.1) is 12.2 Å². The number of nitrogens with zero attached hydrogens (tertiary/aromatic N) is 2. The number of furan rings is 1. The average molecular weight is 247 g/mol. The summed E-state index contributed by atoms with van der Waals surface area (Å²) < 4.78 is 10.7. The fourth-order valence-electron chi connectivity index (χ4n) is 2.65. The van der Waals surface area contributed by atoms with Crippen molar-refractivity contribution in [2.45, 2.75) is 38.1 Å². The number of hydrogen-bond donors (Lipinski definition) is 1. The molecule has 1 aliphatic rings. The molecule has 18 heavy (non-hydrogen) atoms. The van der Waals surface area contributed by atoms with Crippen LogP contribution in [0.3, 0.4) is 0 Å². The predicted octanol–water partition coefficient (Wildman–Crippen LogP) is 2.58. The van der Waals surface area contributed by atoms with Crippen LogP contribution < -0.4 is 5.32 Å². The molecule has 0 spiro atoms. The Labute approximate surface area is 106 Å². The van der Waals surface area contributed by atoms with E-state index in [1.54, 1.807) is 6.26 Å². The van der Waals surface area contributed by atoms with E-state index >= 15 is 0 Å². The number of likely N-dealkylation sites (N-methyl/N-ethyl adjacent to an activating group) is 1. The number of nitrogens with one attached hydrogen (secondary N) is 1. The molecule has 1 fully saturated rings. The van der Waals surface area contributed by atoms with Crippen LogP contribution in [-0.2, 0) is 0 Å². The van der Waals surface area contributed by atoms with Gasteiger partial charge in [-0.25, -0.2) is 0 Å². The maximum atomic E-state index is 5.39. The lowest BCUT2D eigenvalue weighted by molar-refractivity contribution is 0.331. The van der Waals surface area contributed by atoms with Crippen LogP contribution in [0.15, 0.2) is 27.3 Å². The molecule has 5 nitrogen and oxygen atoms in total. The molecule has 0 saturated heterocycles. The Bertz CT molecular complexity index is 492. The fourth-order valence-corrected chi connectivity index (χ4v) is 2.65. The number of hydrogen-bond acceptors (Lipinski definition) is 5. The van der Waals surface area contributed by atoms with Gasteiger partial charge in [0.2, 0.25) is 11.7 Å². The molecule has 2 heterocycles. The van der Waals surface area contributed by atoms with Crippen LogP contribution >= 0.6 is 0 Å². The van der Waals surface area contributed by atoms with Gasteiger partial charge in [-0.2, -0.15) is 4.98 Å². The third-order valence-electron chi connectivity index (χ3n) is 3.48. The van der Waals surface area contributed by atoms with Crippen molar-refractivity contribution >= 4 is 0 Å². The van der Waals surface area contributed by atoms with Gasteiger partial charge in [0.15, 0.2) is 5.76 Å². The minimum Gasteiger partial charge on any atom is -0.461 e. The molecule has 0 radical (unpaired) electrons. The predicted molar refractivity (Wildman–Crippen MR) is 66.1 cm³/mol. The van der Waals surface area contributed by atoms with Gasteiger partial charge in [-0.1, -0.05) is 18.5 Å². The van der Waals surface area contributed by atoms with E-state index in [4.69, 9.17) is 8.94 Å². The summed E-state index contributed by atoms with van der Waals surface area (Å²) in [6.45, 7) is 3.10. The van der Waals surface area contributed by atoms with E-state index in [9.17, 15) is 0 Å². The summed E-state index contributed by atoms with van der Waals surface area (Å²) in [5.41, 5.74) is 0. The Hall–Kier alpha value is -1.62. The Morgan fingerprint density at radius 2 is 2.39 bits per heavy atom. The molecule has 5 heteroatoms. The van der Waals surface area contributed by atoms with Crippen LogP contribution in [0.2, 0.25) is 0 Å². The molecule has 0 bridgehead atoms. The maximum absolute atomic E-state index is 5.39. The van der Waals surface area contributed by atoms with E-state index in [1.807, 2.05) is 12.1 Å². The fraction of sp³-hybridized carbons (Fsp3) is 0.538. The molecule has 3 rings (SSSR count). The van der Waals surface area contributed by atoms with Crippen LogP contribution in [0.1, 0.15) is 38.0 Å². The zero-order chi connectivity index (χ0) is 12.4. The van der Waals surface area contributed by atoms with Crippen molar-refractivity contribution in [2.24, 2.45) is 0 Å². The lowest BCUT2D eigenvalue weighted by Gasteiger charge is -2.16. The number of rotatable bonds is 4. The Morgan fingerprint density at radius 3 is 3.17 bits per heavy atom. The first-order valence-corrected chi connectivity index (χ1v) is 6.49. The molecule has 1 N–H and O–H groups in total. The van der Waals surface area contributed by atoms with Crippen LogP contribution in [0.25, 0.3) is 11.6 Å². The van der Waals surface area contributed by atoms with E-state index < -0.39 is 0 Å². The normalized spacial score (nSPS) is 23.6. The summed E-state index contributed by atoms with van der Waals surface area (Å²) in [6, 6.07) is 4.12. The Balaban J connectivity index is 1.80. The molecular formula is C13H17N3O2. The average Bonchev–Trinajstić information content (AvgIpc) is 3.10. The van der Waals surface area contributed by atoms with E-state index in [2.05, 4.69) is 22.4 Å². The molecule has 2 aromatic heterocycles. The summed E-state index contributed by atoms with van der Waals surface area (Å²) in [4.78, 5) is 4.46. The first-order chi connectivity index (χ1) is 8.88. The van der Waals surface area contributed by atoms with E-state index in [0.29, 0.717) is 23.5 Å². The van der Waals surface area contributed by atoms with Crippen molar-refractivity contribution < 1.29 is 8.94 Å². The van der Waals surface area contributed by atoms with E-state index in [-0.39, 0.29) is 0 Å². The number of aromatic nitrogens is 2. The maximum Gasteiger partial charge on any atom is 0.238 e. The minimum absolute atomic E-state index is 0.334. The summed E-state index contributed by atoms with van der Waals surface area (Å²) in [6.07, 6.45) is 5.11. The van der Waals surface area contributed by atoms with Gasteiger partial charge in [-0.05, 0) is 31.5 Å². The van der Waals surface area contributed by atoms with Crippen LogP contribution in [0.5, 0.6) is 0 Å². The standard InChI is InChI=1S/C13H17N3O2/c1-2-14-10-6-3-5-9(10)13-15-12(16-18-13)11-7-4-8-17-11/h4,7-10,14H,2-3,5-6H2,1H3. The lowest BCUT2D eigenvalue weighted by atomic mass is 10.0. The molecule has 2 unspecified atom stereocenters. The van der Waals surface area contributed by atoms with Crippen molar-refractivity contribution in [3.63, 3.8) is 0 Å². The van der Waals surface area contributed by atoms with E-state index in [1.165, 1.54) is 12.8 Å². The van der Waals surface area contributed by atoms with Crippen molar-refractivity contribution in [1.29, 1.82) is 0 Å². The van der Waals surface area contributed by atoms with Crippen molar-refractivity contribution in [1.82, 2.24) is 15.5 Å². The summed E-state index contributed by atoms with van der Waals surface area (Å²) in [7, 11) is 0. The van der Waals surface area contributed by atoms with Crippen molar-refractivity contribution in [3.8, 4) is 11.6 Å². The molecular weight excluding hydrogens is 230 g/mol. The second kappa shape index (κ2) is 4.94. The first kappa shape index (κ1) is 11.5. The zero-order valence-electron chi connectivity index (χ0n) is 10.4. The van der Waals surface area contributed by atoms with Gasteiger partial charge < -0.3 is 14.3 Å². The van der Waals surface area contributed by atoms with Gasteiger partial charge in [0.25, 0.3) is 0 Å². The van der Waals surface area contributed by atoms with Gasteiger partial charge in [0, 0.05) is 6.04 Å². The van der Waals surface area contributed by atoms with Crippen LogP contribution in [0.4, 0.5) is 0 Å². The largest absolute Gasteiger partial charge is 0.461 e. The molecule has 2 aromatic rings. The minimum atomic E-state index is 0.334. The van der Waals surface area contributed by atoms with Gasteiger partial charge in [0.1, 0.15) is 0 Å². The Morgan fingerprint density at radius 1 is 1.44 bits per heavy atom. The monoisotopic (exact) mass is 247 g/mol. The van der Waals surface area contributed by atoms with Gasteiger partial charge >= 0.3 is 0 Å². The highest BCUT2D eigenvalue weighted by atomic mass is 16.5. The van der Waals surface area contributed by atoms with Gasteiger partial charge in [-0.3, -0.25) is 0 Å². The zero-order valence-corrected chi connectivity index (χ0v) is 10.4. The van der Waals surface area contributed by atoms with E-state index in [0.717, 1.165) is 18.9 Å². The summed E-state index contributed by atoms with van der Waals surface area (Å²) in [5, 5.41) is 7.48. The van der Waals surface area contributed by atoms with Gasteiger partial charge in [-0.15, -0.1) is 0 Å². The molecule has 1 aliphatic carbocycles. The highest BCUT2D eigenvalue weighted by Gasteiger charge is 2.32. The smallest absolute Gasteiger partial charge is 0.238 e. The second-order valence-electron chi connectivity index (χ2n) is 4.64. The summed E-state index contributed by atoms with van der Waals surface area (Å²) in [5.74, 6) is 2.26. The molecule has 96 valence electrons. The third kappa shape index (κ3) is 2.06. The van der Waals surface area contributed by atoms with Crippen molar-refractivity contribution in [3.05, 3.63) is 24.3 Å². The van der Waals surface area contributed by atoms with Crippen LogP contribution in [-0.4, -0.2) is 22.7 Å². The Kier molecular flexibility index (Phi) is 3.15. The third-order valence-corrected chi connectivity index (χ3v) is 3.48. The molecule has 0 aromatic carbocycles. The molecule has 0 amide bonds. The second-order valence-corrected chi connectivity index (χ2v) is 4.64. The first-order valence-electron chi connectivity index (χ1n) is 6.49. The highest BCUT2D eigenvalue weighted by Crippen LogP contribution is 2.34. The molecule has 0 aliphatic heterocycles. The highest BCUT2D eigenvalue weighted by molar-refractivity contribution is 5.44. The molecule has 1 saturated carbocycles. The molecule has 2 atom stereocenters. The SMILES string of the molecule is CCNC1CCCC1c1nc(-c2ccco2)no1. The topological polar surface area (TPSA) is 64.1 Å². The summed E-state index contributed by atoms with van der Waals surface area (Å²) >= 11 is 0. The van der Waals surface area contributed by atoms with Crippen molar-refractivity contribution in [2.75, 3.05) is 6.54 Å². The lowest BCUT2D eigenvalue weighted by Crippen LogP contribution is -2.31. The quantitative estimate of drug-likeness (QED) is 0.899. The van der Waals surface area contributed by atoms with Crippen LogP contribution in [0, 0.1) is 0 Å².